The van der Waals surface area contributed by atoms with Crippen LogP contribution in [-0.4, -0.2) is 0 Å². The molecule has 0 aromatic heterocycles. The summed E-state index contributed by atoms with van der Waals surface area (Å²) in [6.45, 7) is 4.42. The van der Waals surface area contributed by atoms with Gasteiger partial charge in [0.15, 0.2) is 0 Å². The van der Waals surface area contributed by atoms with Gasteiger partial charge in [0.05, 0.1) is 0 Å². The molecule has 0 fully saturated rings. The summed E-state index contributed by atoms with van der Waals surface area (Å²) < 4.78 is 0. The first kappa shape index (κ1) is 11.7. The topological polar surface area (TPSA) is 0 Å². The van der Waals surface area contributed by atoms with E-state index < -0.39 is 0 Å². The Morgan fingerprint density at radius 1 is 1.00 bits per heavy atom. The molecule has 0 atom stereocenters. The van der Waals surface area contributed by atoms with Crippen molar-refractivity contribution >= 4 is 17.0 Å². The molecule has 0 saturated heterocycles. The van der Waals surface area contributed by atoms with Gasteiger partial charge < -0.3 is 0 Å². The maximum atomic E-state index is 2.21. The van der Waals surface area contributed by atoms with Gasteiger partial charge in [-0.1, -0.05) is 51.3 Å². The summed E-state index contributed by atoms with van der Waals surface area (Å²) in [5.74, 6) is 0. The highest BCUT2D eigenvalue weighted by molar-refractivity contribution is 8.93. The highest BCUT2D eigenvalue weighted by Crippen LogP contribution is 2.32. The molecule has 0 nitrogen and oxygen atoms in total. The smallest absolute Gasteiger partial charge is 0.0178 e. The monoisotopic (exact) mass is 228 g/mol. The van der Waals surface area contributed by atoms with Gasteiger partial charge in [0.1, 0.15) is 0 Å². The summed E-state index contributed by atoms with van der Waals surface area (Å²) in [7, 11) is 0. The molecule has 12 heavy (non-hydrogen) atoms. The van der Waals surface area contributed by atoms with Crippen molar-refractivity contribution in [3.8, 4) is 11.1 Å². The van der Waals surface area contributed by atoms with Gasteiger partial charge in [-0.25, -0.2) is 0 Å². The van der Waals surface area contributed by atoms with Crippen LogP contribution in [0.2, 0.25) is 0 Å². The first-order chi connectivity index (χ1) is 5.38. The van der Waals surface area contributed by atoms with Crippen molar-refractivity contribution in [3.63, 3.8) is 0 Å². The molecule has 1 heteroatoms. The highest BCUT2D eigenvalue weighted by Gasteiger charge is 2.06. The molecule has 0 unspecified atom stereocenters. The van der Waals surface area contributed by atoms with Crippen LogP contribution in [0.4, 0.5) is 0 Å². The Labute approximate surface area is 85.8 Å². The van der Waals surface area contributed by atoms with E-state index in [9.17, 15) is 0 Å². The molecule has 2 rings (SSSR count). The van der Waals surface area contributed by atoms with E-state index in [0.717, 1.165) is 0 Å². The fourth-order valence-electron chi connectivity index (χ4n) is 1.03. The molecule has 0 bridgehead atoms. The Bertz CT molecular complexity index is 199. The Balaban J connectivity index is 0.000000191. The Hall–Kier alpha value is -0.300. The average Bonchev–Trinajstić information content (AvgIpc) is 2.62. The zero-order valence-electron chi connectivity index (χ0n) is 7.84. The van der Waals surface area contributed by atoms with Crippen molar-refractivity contribution in [3.05, 3.63) is 24.3 Å². The van der Waals surface area contributed by atoms with E-state index >= 15 is 0 Å². The van der Waals surface area contributed by atoms with Crippen molar-refractivity contribution < 1.29 is 0 Å². The number of halogens is 1. The summed E-state index contributed by atoms with van der Waals surface area (Å²) in [5, 5.41) is 0. The number of benzene rings is 1. The van der Waals surface area contributed by atoms with Crippen LogP contribution in [0.25, 0.3) is 11.1 Å². The van der Waals surface area contributed by atoms with E-state index in [0.29, 0.717) is 0 Å². The van der Waals surface area contributed by atoms with E-state index in [1.54, 1.807) is 0 Å². The Morgan fingerprint density at radius 3 is 1.58 bits per heavy atom. The van der Waals surface area contributed by atoms with E-state index in [2.05, 4.69) is 38.1 Å². The molecule has 2 aliphatic rings. The molecular weight excluding hydrogens is 212 g/mol. The van der Waals surface area contributed by atoms with Crippen molar-refractivity contribution in [1.82, 2.24) is 0 Å². The summed E-state index contributed by atoms with van der Waals surface area (Å²) in [6.07, 6.45) is 4.08. The van der Waals surface area contributed by atoms with Crippen LogP contribution in [-0.2, 0) is 0 Å². The summed E-state index contributed by atoms with van der Waals surface area (Å²) in [4.78, 5) is 0. The van der Waals surface area contributed by atoms with Crippen molar-refractivity contribution in [2.45, 2.75) is 33.1 Å². The molecule has 2 aliphatic carbocycles. The fourth-order valence-corrected chi connectivity index (χ4v) is 1.03. The normalized spacial score (nSPS) is 9.17. The second-order valence-corrected chi connectivity index (χ2v) is 2.93. The zero-order chi connectivity index (χ0) is 8.10. The molecule has 0 amide bonds. The molecule has 0 aromatic carbocycles. The fraction of sp³-hybridized carbons (Fsp3) is 0.455. The van der Waals surface area contributed by atoms with Gasteiger partial charge in [-0.05, 0) is 17.2 Å². The molecule has 0 radical (unpaired) electrons. The first-order valence-electron chi connectivity index (χ1n) is 4.49. The lowest BCUT2D eigenvalue weighted by Gasteiger charge is -1.79. The third-order valence-electron chi connectivity index (χ3n) is 1.82. The number of hydrogen-bond acceptors (Lipinski definition) is 0. The SMILES string of the molecule is Br.CCCCC.c1cc2cc-2c1. The molecule has 0 aliphatic heterocycles. The van der Waals surface area contributed by atoms with Crippen molar-refractivity contribution in [2.75, 3.05) is 0 Å². The number of hydrogen-bond donors (Lipinski definition) is 0. The lowest BCUT2D eigenvalue weighted by atomic mass is 10.3. The van der Waals surface area contributed by atoms with Crippen LogP contribution in [0.15, 0.2) is 24.3 Å². The lowest BCUT2D eigenvalue weighted by Crippen LogP contribution is -1.59. The summed E-state index contributed by atoms with van der Waals surface area (Å²) >= 11 is 0. The van der Waals surface area contributed by atoms with Crippen LogP contribution in [0.5, 0.6) is 0 Å². The van der Waals surface area contributed by atoms with Crippen molar-refractivity contribution in [2.24, 2.45) is 0 Å². The van der Waals surface area contributed by atoms with E-state index in [1.807, 2.05) is 0 Å². The van der Waals surface area contributed by atoms with Crippen LogP contribution >= 0.6 is 17.0 Å². The van der Waals surface area contributed by atoms with Gasteiger partial charge in [0, 0.05) is 0 Å². The predicted molar refractivity (Wildman–Crippen MR) is 61.0 cm³/mol. The summed E-state index contributed by atoms with van der Waals surface area (Å²) in [6, 6.07) is 8.48. The Morgan fingerprint density at radius 2 is 1.50 bits per heavy atom. The van der Waals surface area contributed by atoms with Gasteiger partial charge in [0.25, 0.3) is 0 Å². The molecule has 0 aromatic rings. The largest absolute Gasteiger partial charge is 0.114 e. The standard InChI is InChI=1S/C6H4.C5H12.BrH/c1-2-5-4-6(5)3-1;1-3-5-4-2;/h1-4H;3-5H2,1-2H3;1H. The number of rotatable bonds is 2. The third kappa shape index (κ3) is 3.91. The first-order valence-corrected chi connectivity index (χ1v) is 4.49. The minimum absolute atomic E-state index is 0. The van der Waals surface area contributed by atoms with Crippen LogP contribution in [0.3, 0.4) is 0 Å². The second-order valence-electron chi connectivity index (χ2n) is 2.93. The predicted octanol–water partition coefficient (Wildman–Crippen LogP) is 4.44. The van der Waals surface area contributed by atoms with Gasteiger partial charge >= 0.3 is 0 Å². The number of unbranched alkanes of at least 4 members (excludes halogenated alkanes) is 2. The van der Waals surface area contributed by atoms with Gasteiger partial charge in [-0.3, -0.25) is 0 Å². The highest BCUT2D eigenvalue weighted by atomic mass is 79.9. The summed E-state index contributed by atoms with van der Waals surface area (Å²) in [5.41, 5.74) is 2.85. The minimum atomic E-state index is 0. The minimum Gasteiger partial charge on any atom is -0.114 e. The van der Waals surface area contributed by atoms with Crippen LogP contribution in [0, 0.1) is 0 Å². The maximum Gasteiger partial charge on any atom is -0.0178 e. The van der Waals surface area contributed by atoms with Gasteiger partial charge in [0.2, 0.25) is 0 Å². The molecule has 0 saturated carbocycles. The van der Waals surface area contributed by atoms with Crippen molar-refractivity contribution in [1.29, 1.82) is 0 Å². The van der Waals surface area contributed by atoms with Gasteiger partial charge in [-0.15, -0.1) is 17.0 Å². The van der Waals surface area contributed by atoms with Gasteiger partial charge in [-0.2, -0.15) is 0 Å². The van der Waals surface area contributed by atoms with Crippen LogP contribution < -0.4 is 0 Å². The number of fused-ring (bicyclic) bond motifs is 1. The quantitative estimate of drug-likeness (QED) is 0.714. The zero-order valence-corrected chi connectivity index (χ0v) is 9.55. The van der Waals surface area contributed by atoms with E-state index in [4.69, 9.17) is 0 Å². The third-order valence-corrected chi connectivity index (χ3v) is 1.82. The molecule has 0 N–H and O–H groups in total. The lowest BCUT2D eigenvalue weighted by molar-refractivity contribution is 0.772. The Kier molecular flexibility index (Phi) is 6.09. The molecule has 0 heterocycles. The molecule has 0 spiro atoms. The van der Waals surface area contributed by atoms with E-state index in [-0.39, 0.29) is 17.0 Å². The maximum absolute atomic E-state index is 2.21. The van der Waals surface area contributed by atoms with Crippen LogP contribution in [0.1, 0.15) is 33.1 Å². The molecule has 68 valence electrons. The average molecular weight is 229 g/mol. The van der Waals surface area contributed by atoms with E-state index in [1.165, 1.54) is 30.4 Å². The molecular formula is C11H17Br. The second kappa shape index (κ2) is 6.24.